The van der Waals surface area contributed by atoms with Crippen LogP contribution < -0.4 is 19.6 Å². The van der Waals surface area contributed by atoms with Gasteiger partial charge in [-0.25, -0.2) is 0 Å². The smallest absolute Gasteiger partial charge is 0.238 e. The molecule has 1 heterocycles. The van der Waals surface area contributed by atoms with Crippen molar-refractivity contribution in [2.24, 2.45) is 0 Å². The van der Waals surface area contributed by atoms with Gasteiger partial charge in [0.15, 0.2) is 17.3 Å². The van der Waals surface area contributed by atoms with Crippen LogP contribution in [0, 0.1) is 0 Å². The molecule has 124 valence electrons. The molecule has 24 heavy (non-hydrogen) atoms. The molecule has 0 unspecified atom stereocenters. The summed E-state index contributed by atoms with van der Waals surface area (Å²) in [4.78, 5) is 12.6. The first kappa shape index (κ1) is 15.7. The summed E-state index contributed by atoms with van der Waals surface area (Å²) < 4.78 is 21.5. The summed E-state index contributed by atoms with van der Waals surface area (Å²) in [6.07, 6.45) is 0. The van der Waals surface area contributed by atoms with Crippen molar-refractivity contribution < 1.29 is 23.7 Å². The van der Waals surface area contributed by atoms with E-state index in [9.17, 15) is 9.90 Å². The first-order valence-electron chi connectivity index (χ1n) is 7.16. The summed E-state index contributed by atoms with van der Waals surface area (Å²) >= 11 is 0. The second kappa shape index (κ2) is 6.16. The molecule has 0 bridgehead atoms. The van der Waals surface area contributed by atoms with Gasteiger partial charge in [-0.2, -0.15) is 0 Å². The number of rotatable bonds is 4. The fraction of sp³-hybridized carbons (Fsp3) is 0.167. The molecule has 2 aromatic carbocycles. The summed E-state index contributed by atoms with van der Waals surface area (Å²) in [6, 6.07) is 10.1. The molecular weight excluding hydrogens is 312 g/mol. The SMILES string of the molecule is COc1cccc(-c2oc3cccc(OC)c3c(=O)c2O)c1OC. The Morgan fingerprint density at radius 1 is 0.917 bits per heavy atom. The molecule has 6 nitrogen and oxygen atoms in total. The predicted molar refractivity (Wildman–Crippen MR) is 89.2 cm³/mol. The maximum atomic E-state index is 12.6. The number of fused-ring (bicyclic) bond motifs is 1. The zero-order chi connectivity index (χ0) is 17.3. The minimum Gasteiger partial charge on any atom is -0.502 e. The van der Waals surface area contributed by atoms with E-state index in [4.69, 9.17) is 18.6 Å². The molecule has 0 aliphatic heterocycles. The Kier molecular flexibility index (Phi) is 4.04. The van der Waals surface area contributed by atoms with Crippen LogP contribution in [0.2, 0.25) is 0 Å². The fourth-order valence-corrected chi connectivity index (χ4v) is 2.62. The monoisotopic (exact) mass is 328 g/mol. The van der Waals surface area contributed by atoms with Gasteiger partial charge in [-0.15, -0.1) is 0 Å². The van der Waals surface area contributed by atoms with E-state index in [0.717, 1.165) is 0 Å². The van der Waals surface area contributed by atoms with Crippen molar-refractivity contribution in [1.29, 1.82) is 0 Å². The Morgan fingerprint density at radius 3 is 2.25 bits per heavy atom. The maximum Gasteiger partial charge on any atom is 0.238 e. The molecule has 3 aromatic rings. The highest BCUT2D eigenvalue weighted by atomic mass is 16.5. The molecule has 1 aromatic heterocycles. The third-order valence-electron chi connectivity index (χ3n) is 3.72. The van der Waals surface area contributed by atoms with Crippen LogP contribution in [0.3, 0.4) is 0 Å². The lowest BCUT2D eigenvalue weighted by atomic mass is 10.1. The van der Waals surface area contributed by atoms with Gasteiger partial charge in [0.2, 0.25) is 11.2 Å². The molecule has 0 fully saturated rings. The summed E-state index contributed by atoms with van der Waals surface area (Å²) in [5.74, 6) is 0.652. The number of para-hydroxylation sites is 1. The lowest BCUT2D eigenvalue weighted by Gasteiger charge is -2.13. The maximum absolute atomic E-state index is 12.6. The first-order valence-corrected chi connectivity index (χ1v) is 7.16. The third-order valence-corrected chi connectivity index (χ3v) is 3.72. The van der Waals surface area contributed by atoms with Crippen molar-refractivity contribution in [1.82, 2.24) is 0 Å². The Morgan fingerprint density at radius 2 is 1.58 bits per heavy atom. The van der Waals surface area contributed by atoms with Crippen molar-refractivity contribution in [3.8, 4) is 34.3 Å². The number of hydrogen-bond acceptors (Lipinski definition) is 6. The van der Waals surface area contributed by atoms with E-state index >= 15 is 0 Å². The summed E-state index contributed by atoms with van der Waals surface area (Å²) in [6.45, 7) is 0. The van der Waals surface area contributed by atoms with Gasteiger partial charge in [0.25, 0.3) is 0 Å². The number of ether oxygens (including phenoxy) is 3. The molecule has 0 saturated carbocycles. The van der Waals surface area contributed by atoms with E-state index in [2.05, 4.69) is 0 Å². The summed E-state index contributed by atoms with van der Waals surface area (Å²) in [5.41, 5.74) is 0.141. The molecule has 0 aliphatic carbocycles. The van der Waals surface area contributed by atoms with Crippen LogP contribution in [0.4, 0.5) is 0 Å². The average molecular weight is 328 g/mol. The van der Waals surface area contributed by atoms with Crippen LogP contribution in [0.1, 0.15) is 0 Å². The predicted octanol–water partition coefficient (Wildman–Crippen LogP) is 3.19. The minimum atomic E-state index is -0.575. The van der Waals surface area contributed by atoms with Gasteiger partial charge in [0.1, 0.15) is 16.7 Å². The van der Waals surface area contributed by atoms with Gasteiger partial charge in [-0.3, -0.25) is 4.79 Å². The van der Waals surface area contributed by atoms with E-state index in [1.54, 1.807) is 36.4 Å². The molecule has 0 saturated heterocycles. The van der Waals surface area contributed by atoms with Crippen molar-refractivity contribution in [3.63, 3.8) is 0 Å². The Bertz CT molecular complexity index is 958. The van der Waals surface area contributed by atoms with Crippen molar-refractivity contribution in [2.45, 2.75) is 0 Å². The van der Waals surface area contributed by atoms with Gasteiger partial charge in [-0.05, 0) is 24.3 Å². The van der Waals surface area contributed by atoms with Gasteiger partial charge in [0.05, 0.1) is 26.9 Å². The van der Waals surface area contributed by atoms with Crippen molar-refractivity contribution in [3.05, 3.63) is 46.6 Å². The quantitative estimate of drug-likeness (QED) is 0.792. The molecule has 1 N–H and O–H groups in total. The lowest BCUT2D eigenvalue weighted by molar-refractivity contribution is 0.354. The minimum absolute atomic E-state index is 0.0107. The van der Waals surface area contributed by atoms with Crippen molar-refractivity contribution in [2.75, 3.05) is 21.3 Å². The zero-order valence-electron chi connectivity index (χ0n) is 13.5. The highest BCUT2D eigenvalue weighted by Crippen LogP contribution is 2.41. The molecule has 0 radical (unpaired) electrons. The number of hydrogen-bond donors (Lipinski definition) is 1. The van der Waals surface area contributed by atoms with E-state index < -0.39 is 11.2 Å². The average Bonchev–Trinajstić information content (AvgIpc) is 2.63. The highest BCUT2D eigenvalue weighted by Gasteiger charge is 2.22. The zero-order valence-corrected chi connectivity index (χ0v) is 13.5. The van der Waals surface area contributed by atoms with E-state index in [-0.39, 0.29) is 11.1 Å². The molecule has 0 spiro atoms. The van der Waals surface area contributed by atoms with E-state index in [0.29, 0.717) is 28.4 Å². The second-order valence-corrected chi connectivity index (χ2v) is 4.98. The van der Waals surface area contributed by atoms with Gasteiger partial charge >= 0.3 is 0 Å². The van der Waals surface area contributed by atoms with Gasteiger partial charge in [-0.1, -0.05) is 12.1 Å². The summed E-state index contributed by atoms with van der Waals surface area (Å²) in [5, 5.41) is 10.6. The fourth-order valence-electron chi connectivity index (χ4n) is 2.62. The Balaban J connectivity index is 2.37. The molecule has 6 heteroatoms. The Labute approximate surface area is 137 Å². The van der Waals surface area contributed by atoms with Gasteiger partial charge in [0, 0.05) is 0 Å². The highest BCUT2D eigenvalue weighted by molar-refractivity contribution is 5.88. The van der Waals surface area contributed by atoms with E-state index in [1.807, 2.05) is 0 Å². The molecule has 0 aliphatic rings. The van der Waals surface area contributed by atoms with Crippen LogP contribution in [0.5, 0.6) is 23.0 Å². The molecule has 0 amide bonds. The standard InChI is InChI=1S/C18H16O6/c1-21-11-7-5-8-12-14(11)15(19)16(20)18(24-12)10-6-4-9-13(22-2)17(10)23-3/h4-9,20H,1-3H3. The molecule has 3 rings (SSSR count). The van der Waals surface area contributed by atoms with Gasteiger partial charge < -0.3 is 23.7 Å². The van der Waals surface area contributed by atoms with Crippen LogP contribution in [0.25, 0.3) is 22.3 Å². The molecular formula is C18H16O6. The summed E-state index contributed by atoms with van der Waals surface area (Å²) in [7, 11) is 4.42. The number of aromatic hydroxyl groups is 1. The van der Waals surface area contributed by atoms with Crippen LogP contribution in [0.15, 0.2) is 45.6 Å². The topological polar surface area (TPSA) is 78.1 Å². The normalized spacial score (nSPS) is 10.6. The molecule has 0 atom stereocenters. The van der Waals surface area contributed by atoms with E-state index in [1.165, 1.54) is 21.3 Å². The van der Waals surface area contributed by atoms with Crippen molar-refractivity contribution >= 4 is 11.0 Å². The number of benzene rings is 2. The first-order chi connectivity index (χ1) is 11.6. The second-order valence-electron chi connectivity index (χ2n) is 4.98. The number of methoxy groups -OCH3 is 3. The Hall–Kier alpha value is -3.15. The van der Waals surface area contributed by atoms with Crippen LogP contribution in [-0.2, 0) is 0 Å². The van der Waals surface area contributed by atoms with Crippen LogP contribution in [-0.4, -0.2) is 26.4 Å². The lowest BCUT2D eigenvalue weighted by Crippen LogP contribution is -2.05. The van der Waals surface area contributed by atoms with Crippen LogP contribution >= 0.6 is 0 Å². The largest absolute Gasteiger partial charge is 0.502 e. The third kappa shape index (κ3) is 2.32.